The second-order valence-electron chi connectivity index (χ2n) is 3.03. The highest BCUT2D eigenvalue weighted by Crippen LogP contribution is 2.32. The van der Waals surface area contributed by atoms with Crippen molar-refractivity contribution in [1.29, 1.82) is 0 Å². The number of hydrogen-bond acceptors (Lipinski definition) is 3. The number of rotatable bonds is 4. The van der Waals surface area contributed by atoms with Crippen LogP contribution < -0.4 is 0 Å². The molecule has 90 valence electrons. The number of aromatic nitrogens is 2. The number of aliphatic hydroxyl groups excluding tert-OH is 1. The van der Waals surface area contributed by atoms with Crippen LogP contribution in [0.3, 0.4) is 0 Å². The average molecular weight is 238 g/mol. The number of nitrogens with zero attached hydrogens (tertiary/aromatic N) is 2. The molecule has 0 fully saturated rings. The van der Waals surface area contributed by atoms with E-state index in [0.29, 0.717) is 4.68 Å². The summed E-state index contributed by atoms with van der Waals surface area (Å²) in [6, 6.07) is 0. The van der Waals surface area contributed by atoms with E-state index in [1.807, 2.05) is 0 Å². The van der Waals surface area contributed by atoms with Crippen LogP contribution in [0.25, 0.3) is 0 Å². The van der Waals surface area contributed by atoms with Crippen molar-refractivity contribution in [3.05, 3.63) is 17.5 Å². The number of alkyl halides is 3. The van der Waals surface area contributed by atoms with Crippen molar-refractivity contribution in [1.82, 2.24) is 9.78 Å². The van der Waals surface area contributed by atoms with Crippen LogP contribution in [0.2, 0.25) is 0 Å². The first-order chi connectivity index (χ1) is 7.36. The van der Waals surface area contributed by atoms with Crippen molar-refractivity contribution in [2.75, 3.05) is 6.61 Å². The predicted molar refractivity (Wildman–Crippen MR) is 45.7 cm³/mol. The molecule has 0 atom stereocenters. The molecule has 1 aromatic rings. The lowest BCUT2D eigenvalue weighted by Gasteiger charge is -2.11. The molecule has 0 unspecified atom stereocenters. The summed E-state index contributed by atoms with van der Waals surface area (Å²) in [4.78, 5) is 10.4. The van der Waals surface area contributed by atoms with Crippen molar-refractivity contribution < 1.29 is 28.2 Å². The van der Waals surface area contributed by atoms with Crippen LogP contribution in [0, 0.1) is 0 Å². The molecule has 1 rings (SSSR count). The SMILES string of the molecule is O=C(O)Cc1cnn(CCO)c1C(F)(F)F. The fourth-order valence-corrected chi connectivity index (χ4v) is 1.31. The molecule has 0 aliphatic heterocycles. The Kier molecular flexibility index (Phi) is 3.53. The summed E-state index contributed by atoms with van der Waals surface area (Å²) in [5.74, 6) is -1.37. The molecule has 0 aliphatic rings. The zero-order valence-corrected chi connectivity index (χ0v) is 8.03. The van der Waals surface area contributed by atoms with Crippen molar-refractivity contribution >= 4 is 5.97 Å². The van der Waals surface area contributed by atoms with Gasteiger partial charge in [0, 0.05) is 5.56 Å². The standard InChI is InChI=1S/C8H9F3N2O3/c9-8(10,11)7-5(3-6(15)16)4-12-13(7)1-2-14/h4,14H,1-3H2,(H,15,16). The van der Waals surface area contributed by atoms with E-state index in [1.54, 1.807) is 0 Å². The molecule has 0 aliphatic carbocycles. The van der Waals surface area contributed by atoms with Crippen molar-refractivity contribution in [3.63, 3.8) is 0 Å². The van der Waals surface area contributed by atoms with Gasteiger partial charge in [-0.15, -0.1) is 0 Å². The molecule has 0 radical (unpaired) electrons. The van der Waals surface area contributed by atoms with Gasteiger partial charge >= 0.3 is 12.1 Å². The lowest BCUT2D eigenvalue weighted by molar-refractivity contribution is -0.145. The summed E-state index contributed by atoms with van der Waals surface area (Å²) in [6.45, 7) is -0.828. The summed E-state index contributed by atoms with van der Waals surface area (Å²) < 4.78 is 38.3. The minimum Gasteiger partial charge on any atom is -0.481 e. The summed E-state index contributed by atoms with van der Waals surface area (Å²) >= 11 is 0. The number of hydrogen-bond donors (Lipinski definition) is 2. The minimum atomic E-state index is -4.68. The molecule has 8 heteroatoms. The quantitative estimate of drug-likeness (QED) is 0.801. The van der Waals surface area contributed by atoms with Gasteiger partial charge in [0.2, 0.25) is 0 Å². The van der Waals surface area contributed by atoms with E-state index in [1.165, 1.54) is 0 Å². The third-order valence-corrected chi connectivity index (χ3v) is 1.84. The van der Waals surface area contributed by atoms with Gasteiger partial charge in [-0.2, -0.15) is 18.3 Å². The second kappa shape index (κ2) is 4.52. The molecular formula is C8H9F3N2O3. The monoisotopic (exact) mass is 238 g/mol. The number of carbonyl (C=O) groups is 1. The maximum Gasteiger partial charge on any atom is 0.433 e. The Labute approximate surface area is 88.1 Å². The largest absolute Gasteiger partial charge is 0.481 e. The minimum absolute atomic E-state index is 0.325. The van der Waals surface area contributed by atoms with Crippen molar-refractivity contribution in [2.45, 2.75) is 19.1 Å². The molecule has 0 saturated heterocycles. The Balaban J connectivity index is 3.14. The predicted octanol–water partition coefficient (Wildman–Crippen LogP) is 0.521. The normalized spacial score (nSPS) is 11.8. The lowest BCUT2D eigenvalue weighted by Crippen LogP contribution is -2.19. The molecule has 1 heterocycles. The van der Waals surface area contributed by atoms with Crippen LogP contribution in [0.15, 0.2) is 6.20 Å². The van der Waals surface area contributed by atoms with Crippen molar-refractivity contribution in [2.24, 2.45) is 0 Å². The van der Waals surface area contributed by atoms with Crippen LogP contribution in [-0.2, 0) is 23.9 Å². The van der Waals surface area contributed by atoms with E-state index in [-0.39, 0.29) is 6.54 Å². The zero-order valence-electron chi connectivity index (χ0n) is 8.03. The highest BCUT2D eigenvalue weighted by Gasteiger charge is 2.38. The first-order valence-electron chi connectivity index (χ1n) is 4.30. The molecule has 0 spiro atoms. The Morgan fingerprint density at radius 1 is 1.50 bits per heavy atom. The van der Waals surface area contributed by atoms with Crippen molar-refractivity contribution in [3.8, 4) is 0 Å². The highest BCUT2D eigenvalue weighted by atomic mass is 19.4. The molecule has 0 amide bonds. The second-order valence-corrected chi connectivity index (χ2v) is 3.03. The maximum absolute atomic E-state index is 12.6. The molecule has 0 saturated carbocycles. The first-order valence-corrected chi connectivity index (χ1v) is 4.30. The van der Waals surface area contributed by atoms with E-state index < -0.39 is 36.4 Å². The zero-order chi connectivity index (χ0) is 12.3. The Morgan fingerprint density at radius 2 is 2.12 bits per heavy atom. The van der Waals surface area contributed by atoms with E-state index in [4.69, 9.17) is 10.2 Å². The van der Waals surface area contributed by atoms with Gasteiger partial charge < -0.3 is 10.2 Å². The van der Waals surface area contributed by atoms with Crippen LogP contribution in [0.5, 0.6) is 0 Å². The summed E-state index contributed by atoms with van der Waals surface area (Å²) in [7, 11) is 0. The molecule has 0 aromatic carbocycles. The van der Waals surface area contributed by atoms with E-state index in [2.05, 4.69) is 5.10 Å². The number of carboxylic acid groups (broad SMARTS) is 1. The van der Waals surface area contributed by atoms with Crippen LogP contribution in [0.1, 0.15) is 11.3 Å². The van der Waals surface area contributed by atoms with Gasteiger partial charge in [-0.1, -0.05) is 0 Å². The number of aliphatic hydroxyl groups is 1. The summed E-state index contributed by atoms with van der Waals surface area (Å²) in [6.07, 6.45) is -4.58. The molecule has 16 heavy (non-hydrogen) atoms. The van der Waals surface area contributed by atoms with Gasteiger partial charge in [0.25, 0.3) is 0 Å². The molecule has 2 N–H and O–H groups in total. The molecular weight excluding hydrogens is 229 g/mol. The smallest absolute Gasteiger partial charge is 0.433 e. The van der Waals surface area contributed by atoms with Gasteiger partial charge in [-0.05, 0) is 0 Å². The number of aliphatic carboxylic acids is 1. The van der Waals surface area contributed by atoms with E-state index in [0.717, 1.165) is 6.20 Å². The Morgan fingerprint density at radius 3 is 2.56 bits per heavy atom. The maximum atomic E-state index is 12.6. The van der Waals surface area contributed by atoms with Gasteiger partial charge in [-0.25, -0.2) is 0 Å². The Hall–Kier alpha value is -1.57. The van der Waals surface area contributed by atoms with Gasteiger partial charge in [0.15, 0.2) is 0 Å². The molecule has 5 nitrogen and oxygen atoms in total. The fraction of sp³-hybridized carbons (Fsp3) is 0.500. The van der Waals surface area contributed by atoms with Gasteiger partial charge in [-0.3, -0.25) is 9.48 Å². The Bertz CT molecular complexity index is 386. The van der Waals surface area contributed by atoms with Crippen LogP contribution >= 0.6 is 0 Å². The number of halogens is 3. The molecule has 0 bridgehead atoms. The van der Waals surface area contributed by atoms with Crippen LogP contribution in [-0.4, -0.2) is 32.6 Å². The van der Waals surface area contributed by atoms with Gasteiger partial charge in [0.05, 0.1) is 25.8 Å². The summed E-state index contributed by atoms with van der Waals surface area (Å²) in [5.41, 5.74) is -1.53. The highest BCUT2D eigenvalue weighted by molar-refractivity contribution is 5.70. The third kappa shape index (κ3) is 2.72. The van der Waals surface area contributed by atoms with E-state index in [9.17, 15) is 18.0 Å². The molecule has 1 aromatic heterocycles. The van der Waals surface area contributed by atoms with Gasteiger partial charge in [0.1, 0.15) is 5.69 Å². The van der Waals surface area contributed by atoms with E-state index >= 15 is 0 Å². The lowest BCUT2D eigenvalue weighted by atomic mass is 10.2. The number of carboxylic acids is 1. The third-order valence-electron chi connectivity index (χ3n) is 1.84. The first kappa shape index (κ1) is 12.5. The fourth-order valence-electron chi connectivity index (χ4n) is 1.31. The average Bonchev–Trinajstić information content (AvgIpc) is 2.46. The topological polar surface area (TPSA) is 75.3 Å². The van der Waals surface area contributed by atoms with Crippen LogP contribution in [0.4, 0.5) is 13.2 Å². The summed E-state index contributed by atoms with van der Waals surface area (Å²) in [5, 5.41) is 20.4.